The SMILES string of the molecule is O=C(Cn1nc(-c2ccc3ccccc3c2)ccc1=O)Nc1cccc(C(F)(F)F)c1. The molecular weight excluding hydrogens is 407 g/mol. The lowest BCUT2D eigenvalue weighted by Crippen LogP contribution is -2.29. The minimum atomic E-state index is -4.52. The fourth-order valence-electron chi connectivity index (χ4n) is 3.17. The number of alkyl halides is 3. The molecule has 0 aliphatic carbocycles. The van der Waals surface area contributed by atoms with E-state index in [-0.39, 0.29) is 5.69 Å². The normalized spacial score (nSPS) is 11.5. The number of carbonyl (C=O) groups is 1. The van der Waals surface area contributed by atoms with E-state index < -0.39 is 29.8 Å². The zero-order valence-electron chi connectivity index (χ0n) is 16.1. The summed E-state index contributed by atoms with van der Waals surface area (Å²) >= 11 is 0. The predicted octanol–water partition coefficient (Wildman–Crippen LogP) is 4.72. The molecule has 0 aliphatic heterocycles. The van der Waals surface area contributed by atoms with Gasteiger partial charge >= 0.3 is 6.18 Å². The Kier molecular flexibility index (Phi) is 5.29. The minimum absolute atomic E-state index is 0.0152. The summed E-state index contributed by atoms with van der Waals surface area (Å²) in [7, 11) is 0. The average Bonchev–Trinajstić information content (AvgIpc) is 2.74. The molecule has 0 unspecified atom stereocenters. The molecule has 4 aromatic rings. The first kappa shape index (κ1) is 20.3. The number of carbonyl (C=O) groups excluding carboxylic acids is 1. The number of hydrogen-bond acceptors (Lipinski definition) is 3. The fraction of sp³-hybridized carbons (Fsp3) is 0.0870. The first-order valence-electron chi connectivity index (χ1n) is 9.34. The Morgan fingerprint density at radius 1 is 0.903 bits per heavy atom. The molecule has 0 atom stereocenters. The summed E-state index contributed by atoms with van der Waals surface area (Å²) in [4.78, 5) is 24.5. The first-order valence-corrected chi connectivity index (χ1v) is 9.34. The summed E-state index contributed by atoms with van der Waals surface area (Å²) in [6, 6.07) is 20.7. The summed E-state index contributed by atoms with van der Waals surface area (Å²) in [5.41, 5.74) is -0.121. The van der Waals surface area contributed by atoms with Crippen molar-refractivity contribution in [2.75, 3.05) is 5.32 Å². The molecule has 1 aromatic heterocycles. The van der Waals surface area contributed by atoms with Crippen molar-refractivity contribution in [1.82, 2.24) is 9.78 Å². The third-order valence-corrected chi connectivity index (χ3v) is 4.68. The Balaban J connectivity index is 1.56. The molecule has 8 heteroatoms. The second-order valence-corrected chi connectivity index (χ2v) is 6.90. The molecule has 5 nitrogen and oxygen atoms in total. The number of aromatic nitrogens is 2. The highest BCUT2D eigenvalue weighted by Gasteiger charge is 2.30. The Morgan fingerprint density at radius 2 is 1.68 bits per heavy atom. The van der Waals surface area contributed by atoms with Crippen molar-refractivity contribution in [3.63, 3.8) is 0 Å². The van der Waals surface area contributed by atoms with Crippen molar-refractivity contribution < 1.29 is 18.0 Å². The number of nitrogens with zero attached hydrogens (tertiary/aromatic N) is 2. The zero-order valence-corrected chi connectivity index (χ0v) is 16.1. The van der Waals surface area contributed by atoms with Crippen LogP contribution in [0.4, 0.5) is 18.9 Å². The Morgan fingerprint density at radius 3 is 2.45 bits per heavy atom. The highest BCUT2D eigenvalue weighted by molar-refractivity contribution is 5.90. The van der Waals surface area contributed by atoms with E-state index in [1.165, 1.54) is 18.2 Å². The largest absolute Gasteiger partial charge is 0.416 e. The van der Waals surface area contributed by atoms with Crippen LogP contribution in [0.5, 0.6) is 0 Å². The third-order valence-electron chi connectivity index (χ3n) is 4.68. The van der Waals surface area contributed by atoms with E-state index in [4.69, 9.17) is 0 Å². The lowest BCUT2D eigenvalue weighted by Gasteiger charge is -2.11. The van der Waals surface area contributed by atoms with Crippen LogP contribution in [0.25, 0.3) is 22.0 Å². The van der Waals surface area contributed by atoms with E-state index in [1.807, 2.05) is 42.5 Å². The van der Waals surface area contributed by atoms with Gasteiger partial charge in [-0.15, -0.1) is 0 Å². The predicted molar refractivity (Wildman–Crippen MR) is 112 cm³/mol. The standard InChI is InChI=1S/C23H16F3N3O2/c24-23(25,26)18-6-3-7-19(13-18)27-21(30)14-29-22(31)11-10-20(28-29)17-9-8-15-4-1-2-5-16(15)12-17/h1-13H,14H2,(H,27,30). The maximum atomic E-state index is 12.8. The van der Waals surface area contributed by atoms with Gasteiger partial charge in [0.05, 0.1) is 11.3 Å². The molecule has 0 bridgehead atoms. The van der Waals surface area contributed by atoms with Gasteiger partial charge in [0.1, 0.15) is 6.54 Å². The van der Waals surface area contributed by atoms with Crippen LogP contribution in [-0.2, 0) is 17.5 Å². The van der Waals surface area contributed by atoms with Gasteiger partial charge in [0.25, 0.3) is 5.56 Å². The molecule has 0 saturated heterocycles. The van der Waals surface area contributed by atoms with Crippen molar-refractivity contribution >= 4 is 22.4 Å². The number of benzene rings is 3. The fourth-order valence-corrected chi connectivity index (χ4v) is 3.17. The topological polar surface area (TPSA) is 64.0 Å². The van der Waals surface area contributed by atoms with E-state index in [9.17, 15) is 22.8 Å². The molecule has 0 saturated carbocycles. The van der Waals surface area contributed by atoms with Crippen LogP contribution in [0.1, 0.15) is 5.56 Å². The van der Waals surface area contributed by atoms with E-state index in [1.54, 1.807) is 6.07 Å². The van der Waals surface area contributed by atoms with Crippen LogP contribution in [-0.4, -0.2) is 15.7 Å². The van der Waals surface area contributed by atoms with Gasteiger partial charge in [-0.2, -0.15) is 18.3 Å². The van der Waals surface area contributed by atoms with Crippen molar-refractivity contribution in [3.8, 4) is 11.3 Å². The molecule has 1 amide bonds. The average molecular weight is 423 g/mol. The van der Waals surface area contributed by atoms with Gasteiger partial charge in [0.15, 0.2) is 0 Å². The molecule has 0 spiro atoms. The summed E-state index contributed by atoms with van der Waals surface area (Å²) in [6.07, 6.45) is -4.52. The van der Waals surface area contributed by atoms with Crippen LogP contribution in [0, 0.1) is 0 Å². The molecule has 0 radical (unpaired) electrons. The molecule has 1 N–H and O–H groups in total. The third kappa shape index (κ3) is 4.63. The number of halogens is 3. The molecule has 0 aliphatic rings. The van der Waals surface area contributed by atoms with Crippen LogP contribution < -0.4 is 10.9 Å². The molecule has 156 valence electrons. The Bertz CT molecular complexity index is 1330. The van der Waals surface area contributed by atoms with Crippen LogP contribution in [0.3, 0.4) is 0 Å². The number of hydrogen-bond donors (Lipinski definition) is 1. The summed E-state index contributed by atoms with van der Waals surface area (Å²) in [5.74, 6) is -0.662. The zero-order chi connectivity index (χ0) is 22.0. The maximum Gasteiger partial charge on any atom is 0.416 e. The first-order chi connectivity index (χ1) is 14.8. The molecule has 3 aromatic carbocycles. The molecular formula is C23H16F3N3O2. The second-order valence-electron chi connectivity index (χ2n) is 6.90. The van der Waals surface area contributed by atoms with Gasteiger partial charge < -0.3 is 5.32 Å². The number of anilines is 1. The highest BCUT2D eigenvalue weighted by atomic mass is 19.4. The quantitative estimate of drug-likeness (QED) is 0.517. The minimum Gasteiger partial charge on any atom is -0.324 e. The number of nitrogens with one attached hydrogen (secondary N) is 1. The number of rotatable bonds is 4. The Labute approximate surface area is 174 Å². The molecule has 1 heterocycles. The van der Waals surface area contributed by atoms with Gasteiger partial charge in [-0.1, -0.05) is 42.5 Å². The Hall–Kier alpha value is -3.94. The van der Waals surface area contributed by atoms with Gasteiger partial charge in [-0.3, -0.25) is 9.59 Å². The van der Waals surface area contributed by atoms with Crippen LogP contribution in [0.15, 0.2) is 83.7 Å². The second kappa shape index (κ2) is 8.06. The monoisotopic (exact) mass is 423 g/mol. The van der Waals surface area contributed by atoms with Crippen molar-refractivity contribution in [3.05, 3.63) is 94.8 Å². The van der Waals surface area contributed by atoms with E-state index in [0.717, 1.165) is 33.2 Å². The maximum absolute atomic E-state index is 12.8. The van der Waals surface area contributed by atoms with E-state index >= 15 is 0 Å². The lowest BCUT2D eigenvalue weighted by atomic mass is 10.1. The number of fused-ring (bicyclic) bond motifs is 1. The smallest absolute Gasteiger partial charge is 0.324 e. The lowest BCUT2D eigenvalue weighted by molar-refractivity contribution is -0.137. The molecule has 0 fully saturated rings. The molecule has 4 rings (SSSR count). The van der Waals surface area contributed by atoms with Crippen LogP contribution >= 0.6 is 0 Å². The van der Waals surface area contributed by atoms with Gasteiger partial charge in [-0.05, 0) is 41.1 Å². The van der Waals surface area contributed by atoms with Gasteiger partial charge in [0, 0.05) is 17.3 Å². The summed E-state index contributed by atoms with van der Waals surface area (Å²) in [5, 5.41) is 8.68. The van der Waals surface area contributed by atoms with Gasteiger partial charge in [0.2, 0.25) is 5.91 Å². The van der Waals surface area contributed by atoms with Crippen molar-refractivity contribution in [2.45, 2.75) is 12.7 Å². The van der Waals surface area contributed by atoms with Crippen molar-refractivity contribution in [2.24, 2.45) is 0 Å². The molecule has 31 heavy (non-hydrogen) atoms. The highest BCUT2D eigenvalue weighted by Crippen LogP contribution is 2.30. The van der Waals surface area contributed by atoms with E-state index in [0.29, 0.717) is 5.69 Å². The number of amides is 1. The van der Waals surface area contributed by atoms with Crippen LogP contribution in [0.2, 0.25) is 0 Å². The van der Waals surface area contributed by atoms with Gasteiger partial charge in [-0.25, -0.2) is 4.68 Å². The summed E-state index contributed by atoms with van der Waals surface area (Å²) in [6.45, 7) is -0.434. The van der Waals surface area contributed by atoms with Crippen molar-refractivity contribution in [1.29, 1.82) is 0 Å². The van der Waals surface area contributed by atoms with E-state index in [2.05, 4.69) is 10.4 Å². The summed E-state index contributed by atoms with van der Waals surface area (Å²) < 4.78 is 39.5.